The molecule has 3 aromatic carbocycles. The third-order valence-corrected chi connectivity index (χ3v) is 6.54. The van der Waals surface area contributed by atoms with Crippen LogP contribution in [0.1, 0.15) is 42.9 Å². The fourth-order valence-electron chi connectivity index (χ4n) is 4.58. The van der Waals surface area contributed by atoms with Gasteiger partial charge in [-0.1, -0.05) is 61.5 Å². The maximum atomic E-state index is 12.7. The van der Waals surface area contributed by atoms with E-state index in [1.54, 1.807) is 24.5 Å². The molecule has 6 heteroatoms. The van der Waals surface area contributed by atoms with Crippen molar-refractivity contribution < 1.29 is 24.6 Å². The van der Waals surface area contributed by atoms with E-state index in [0.29, 0.717) is 12.8 Å². The number of ether oxygens (including phenoxy) is 1. The lowest BCUT2D eigenvalue weighted by atomic mass is 9.87. The van der Waals surface area contributed by atoms with Crippen LogP contribution in [0, 0.1) is 11.3 Å². The maximum absolute atomic E-state index is 12.7. The highest BCUT2D eigenvalue weighted by Crippen LogP contribution is 2.56. The number of carbonyl (C=O) groups excluding carboxylic acids is 2. The highest BCUT2D eigenvalue weighted by Gasteiger charge is 2.64. The first-order valence-electron chi connectivity index (χ1n) is 10.8. The van der Waals surface area contributed by atoms with E-state index in [2.05, 4.69) is 30.3 Å². The Morgan fingerprint density at radius 1 is 1.12 bits per heavy atom. The first kappa shape index (κ1) is 21.8. The lowest BCUT2D eigenvalue weighted by Gasteiger charge is -2.19. The second kappa shape index (κ2) is 8.63. The molecule has 0 aliphatic heterocycles. The van der Waals surface area contributed by atoms with Gasteiger partial charge < -0.3 is 9.84 Å². The summed E-state index contributed by atoms with van der Waals surface area (Å²) in [5, 5.41) is 21.9. The minimum Gasteiger partial charge on any atom is -0.508 e. The molecule has 1 aliphatic carbocycles. The summed E-state index contributed by atoms with van der Waals surface area (Å²) in [6, 6.07) is 19.7. The Balaban J connectivity index is 1.64. The van der Waals surface area contributed by atoms with Crippen LogP contribution in [0.5, 0.6) is 5.75 Å². The van der Waals surface area contributed by atoms with Crippen LogP contribution < -0.4 is 5.48 Å². The number of esters is 1. The van der Waals surface area contributed by atoms with E-state index in [9.17, 15) is 14.7 Å². The molecule has 0 saturated heterocycles. The van der Waals surface area contributed by atoms with Crippen molar-refractivity contribution in [3.8, 4) is 5.75 Å². The fourth-order valence-corrected chi connectivity index (χ4v) is 4.58. The number of amides is 1. The van der Waals surface area contributed by atoms with Gasteiger partial charge in [0.2, 0.25) is 5.91 Å². The van der Waals surface area contributed by atoms with Gasteiger partial charge in [0.1, 0.15) is 5.75 Å². The number of rotatable bonds is 7. The van der Waals surface area contributed by atoms with E-state index in [4.69, 9.17) is 9.94 Å². The smallest absolute Gasteiger partial charge is 0.313 e. The molecule has 3 N–H and O–H groups in total. The summed E-state index contributed by atoms with van der Waals surface area (Å²) in [6.45, 7) is 3.97. The zero-order valence-electron chi connectivity index (χ0n) is 18.2. The first-order valence-corrected chi connectivity index (χ1v) is 10.8. The van der Waals surface area contributed by atoms with Crippen molar-refractivity contribution in [2.45, 2.75) is 32.6 Å². The molecule has 32 heavy (non-hydrogen) atoms. The first-order chi connectivity index (χ1) is 15.4. The molecule has 1 amide bonds. The molecule has 3 aromatic rings. The van der Waals surface area contributed by atoms with Crippen LogP contribution >= 0.6 is 0 Å². The van der Waals surface area contributed by atoms with Gasteiger partial charge in [0, 0.05) is 11.5 Å². The van der Waals surface area contributed by atoms with Crippen LogP contribution in [-0.2, 0) is 20.7 Å². The van der Waals surface area contributed by atoms with Crippen LogP contribution in [0.3, 0.4) is 0 Å². The Kier molecular flexibility index (Phi) is 5.89. The summed E-state index contributed by atoms with van der Waals surface area (Å²) in [5.41, 5.74) is 3.30. The molecule has 0 heterocycles. The summed E-state index contributed by atoms with van der Waals surface area (Å²) in [5.74, 6) is -1.55. The summed E-state index contributed by atoms with van der Waals surface area (Å²) in [6.07, 6.45) is 0.607. The number of phenols is 1. The summed E-state index contributed by atoms with van der Waals surface area (Å²) in [4.78, 5) is 24.7. The number of hydrogen-bond acceptors (Lipinski definition) is 5. The second-order valence-corrected chi connectivity index (χ2v) is 8.51. The minimum absolute atomic E-state index is 0.0751. The SMILES string of the molecule is CCOC(=O)C1(Cc2ccc(O)c(C(C)c3ccc4ccccc4c3)c2)CC1C(=O)NO. The number of aromatic hydroxyl groups is 1. The molecule has 6 nitrogen and oxygen atoms in total. The largest absolute Gasteiger partial charge is 0.508 e. The van der Waals surface area contributed by atoms with Gasteiger partial charge in [0.15, 0.2) is 0 Å². The molecule has 0 aromatic heterocycles. The lowest BCUT2D eigenvalue weighted by Crippen LogP contribution is -2.30. The van der Waals surface area contributed by atoms with E-state index in [0.717, 1.165) is 27.5 Å². The predicted molar refractivity (Wildman–Crippen MR) is 120 cm³/mol. The number of hydrogen-bond donors (Lipinski definition) is 3. The number of nitrogens with one attached hydrogen (secondary N) is 1. The Labute approximate surface area is 186 Å². The third kappa shape index (κ3) is 3.94. The van der Waals surface area contributed by atoms with Crippen LogP contribution in [0.4, 0.5) is 0 Å². The highest BCUT2D eigenvalue weighted by atomic mass is 16.5. The van der Waals surface area contributed by atoms with E-state index in [-0.39, 0.29) is 18.3 Å². The molecule has 0 radical (unpaired) electrons. The number of benzene rings is 3. The molecule has 3 atom stereocenters. The number of hydroxylamine groups is 1. The van der Waals surface area contributed by atoms with Crippen molar-refractivity contribution in [2.75, 3.05) is 6.61 Å². The van der Waals surface area contributed by atoms with Crippen molar-refractivity contribution in [1.82, 2.24) is 5.48 Å². The molecule has 3 unspecified atom stereocenters. The standard InChI is InChI=1S/C26H27NO5/c1-3-32-25(30)26(15-22(26)24(29)27-31)14-17-8-11-23(28)21(12-17)16(2)19-10-9-18-6-4-5-7-20(18)13-19/h4-13,16,22,28,31H,3,14-15H2,1-2H3,(H,27,29). The van der Waals surface area contributed by atoms with Gasteiger partial charge in [0.25, 0.3) is 0 Å². The van der Waals surface area contributed by atoms with Crippen molar-refractivity contribution in [1.29, 1.82) is 0 Å². The van der Waals surface area contributed by atoms with Crippen molar-refractivity contribution in [3.63, 3.8) is 0 Å². The fraction of sp³-hybridized carbons (Fsp3) is 0.308. The summed E-state index contributed by atoms with van der Waals surface area (Å²) in [7, 11) is 0. The molecular formula is C26H27NO5. The van der Waals surface area contributed by atoms with Gasteiger partial charge in [0.05, 0.1) is 17.9 Å². The molecule has 4 rings (SSSR count). The zero-order chi connectivity index (χ0) is 22.9. The molecule has 166 valence electrons. The van der Waals surface area contributed by atoms with Crippen LogP contribution in [-0.4, -0.2) is 28.8 Å². The highest BCUT2D eigenvalue weighted by molar-refractivity contribution is 5.93. The monoisotopic (exact) mass is 433 g/mol. The van der Waals surface area contributed by atoms with Gasteiger partial charge in [-0.15, -0.1) is 0 Å². The van der Waals surface area contributed by atoms with E-state index in [1.807, 2.05) is 25.1 Å². The molecule has 0 spiro atoms. The van der Waals surface area contributed by atoms with Gasteiger partial charge in [-0.2, -0.15) is 0 Å². The molecule has 1 fully saturated rings. The quantitative estimate of drug-likeness (QED) is 0.293. The average molecular weight is 434 g/mol. The van der Waals surface area contributed by atoms with E-state index in [1.165, 1.54) is 0 Å². The van der Waals surface area contributed by atoms with Crippen molar-refractivity contribution in [2.24, 2.45) is 11.3 Å². The number of phenolic OH excluding ortho intramolecular Hbond substituents is 1. The van der Waals surface area contributed by atoms with E-state index < -0.39 is 23.2 Å². The van der Waals surface area contributed by atoms with Gasteiger partial charge in [-0.05, 0) is 47.7 Å². The topological polar surface area (TPSA) is 95.9 Å². The predicted octanol–water partition coefficient (Wildman–Crippen LogP) is 4.31. The van der Waals surface area contributed by atoms with Crippen LogP contribution in [0.2, 0.25) is 0 Å². The van der Waals surface area contributed by atoms with Crippen LogP contribution in [0.25, 0.3) is 10.8 Å². The summed E-state index contributed by atoms with van der Waals surface area (Å²) < 4.78 is 5.23. The van der Waals surface area contributed by atoms with Crippen molar-refractivity contribution in [3.05, 3.63) is 77.4 Å². The average Bonchev–Trinajstić information content (AvgIpc) is 3.54. The molecule has 1 saturated carbocycles. The number of fused-ring (bicyclic) bond motifs is 1. The van der Waals surface area contributed by atoms with Gasteiger partial charge in [-0.25, -0.2) is 5.48 Å². The van der Waals surface area contributed by atoms with Crippen LogP contribution in [0.15, 0.2) is 60.7 Å². The summed E-state index contributed by atoms with van der Waals surface area (Å²) >= 11 is 0. The second-order valence-electron chi connectivity index (χ2n) is 8.51. The maximum Gasteiger partial charge on any atom is 0.313 e. The van der Waals surface area contributed by atoms with Gasteiger partial charge >= 0.3 is 5.97 Å². The minimum atomic E-state index is -0.997. The Bertz CT molecular complexity index is 1170. The Morgan fingerprint density at radius 3 is 2.59 bits per heavy atom. The van der Waals surface area contributed by atoms with Crippen molar-refractivity contribution >= 4 is 22.6 Å². The lowest BCUT2D eigenvalue weighted by molar-refractivity contribution is -0.152. The zero-order valence-corrected chi connectivity index (χ0v) is 18.2. The Morgan fingerprint density at radius 2 is 1.88 bits per heavy atom. The van der Waals surface area contributed by atoms with Gasteiger partial charge in [-0.3, -0.25) is 14.8 Å². The Hall–Kier alpha value is -3.38. The van der Waals surface area contributed by atoms with E-state index >= 15 is 0 Å². The molecule has 0 bridgehead atoms. The molecule has 1 aliphatic rings. The third-order valence-electron chi connectivity index (χ3n) is 6.54. The number of carbonyl (C=O) groups is 2. The normalized spacial score (nSPS) is 20.5. The molecular weight excluding hydrogens is 406 g/mol.